The van der Waals surface area contributed by atoms with E-state index in [0.29, 0.717) is 17.3 Å². The van der Waals surface area contributed by atoms with Gasteiger partial charge in [-0.2, -0.15) is 4.98 Å². The Kier molecular flexibility index (Phi) is 3.94. The summed E-state index contributed by atoms with van der Waals surface area (Å²) in [6.45, 7) is 0. The van der Waals surface area contributed by atoms with Gasteiger partial charge in [0.15, 0.2) is 5.82 Å². The zero-order chi connectivity index (χ0) is 13.0. The molecule has 0 fully saturated rings. The van der Waals surface area contributed by atoms with Crippen LogP contribution in [0, 0.1) is 0 Å². The standard InChI is InChI=1S/C12H11ClN2O3/c1-17-12(16)7-11-14-10(15-18-11)6-8-3-2-4-9(13)5-8/h2-5H,6-7H2,1H3. The average molecular weight is 267 g/mol. The number of ether oxygens (including phenoxy) is 1. The van der Waals surface area contributed by atoms with Crippen LogP contribution in [0.5, 0.6) is 0 Å². The van der Waals surface area contributed by atoms with E-state index in [1.54, 1.807) is 6.07 Å². The zero-order valence-electron chi connectivity index (χ0n) is 9.72. The predicted octanol–water partition coefficient (Wildman–Crippen LogP) is 2.03. The third kappa shape index (κ3) is 3.30. The Morgan fingerprint density at radius 3 is 3.06 bits per heavy atom. The number of methoxy groups -OCH3 is 1. The van der Waals surface area contributed by atoms with Crippen LogP contribution in [-0.2, 0) is 22.4 Å². The molecule has 0 aliphatic rings. The van der Waals surface area contributed by atoms with Crippen LogP contribution >= 0.6 is 11.6 Å². The quantitative estimate of drug-likeness (QED) is 0.792. The lowest BCUT2D eigenvalue weighted by Gasteiger charge is -1.96. The predicted molar refractivity (Wildman–Crippen MR) is 64.3 cm³/mol. The van der Waals surface area contributed by atoms with Gasteiger partial charge in [-0.1, -0.05) is 28.9 Å². The molecular weight excluding hydrogens is 256 g/mol. The number of benzene rings is 1. The monoisotopic (exact) mass is 266 g/mol. The van der Waals surface area contributed by atoms with Gasteiger partial charge in [-0.3, -0.25) is 4.79 Å². The molecule has 5 nitrogen and oxygen atoms in total. The van der Waals surface area contributed by atoms with Crippen molar-refractivity contribution in [2.75, 3.05) is 7.11 Å². The molecule has 0 N–H and O–H groups in total. The Morgan fingerprint density at radius 1 is 1.50 bits per heavy atom. The first-order valence-corrected chi connectivity index (χ1v) is 5.68. The minimum Gasteiger partial charge on any atom is -0.469 e. The van der Waals surface area contributed by atoms with Gasteiger partial charge >= 0.3 is 5.97 Å². The first kappa shape index (κ1) is 12.6. The van der Waals surface area contributed by atoms with Crippen LogP contribution < -0.4 is 0 Å². The van der Waals surface area contributed by atoms with E-state index in [2.05, 4.69) is 14.9 Å². The highest BCUT2D eigenvalue weighted by Gasteiger charge is 2.11. The largest absolute Gasteiger partial charge is 0.469 e. The van der Waals surface area contributed by atoms with E-state index < -0.39 is 5.97 Å². The molecule has 6 heteroatoms. The fraction of sp³-hybridized carbons (Fsp3) is 0.250. The zero-order valence-corrected chi connectivity index (χ0v) is 10.5. The van der Waals surface area contributed by atoms with Crippen molar-refractivity contribution in [3.05, 3.63) is 46.6 Å². The van der Waals surface area contributed by atoms with Crippen molar-refractivity contribution in [2.24, 2.45) is 0 Å². The van der Waals surface area contributed by atoms with Crippen LogP contribution in [0.2, 0.25) is 5.02 Å². The van der Waals surface area contributed by atoms with Gasteiger partial charge in [0.25, 0.3) is 0 Å². The number of nitrogens with zero attached hydrogens (tertiary/aromatic N) is 2. The number of hydrogen-bond donors (Lipinski definition) is 0. The van der Waals surface area contributed by atoms with Crippen LogP contribution in [0.1, 0.15) is 17.3 Å². The number of rotatable bonds is 4. The summed E-state index contributed by atoms with van der Waals surface area (Å²) in [5, 5.41) is 4.45. The maximum Gasteiger partial charge on any atom is 0.315 e. The summed E-state index contributed by atoms with van der Waals surface area (Å²) in [7, 11) is 1.31. The molecule has 2 rings (SSSR count). The number of carbonyl (C=O) groups excluding carboxylic acids is 1. The second kappa shape index (κ2) is 5.64. The Hall–Kier alpha value is -1.88. The van der Waals surface area contributed by atoms with Gasteiger partial charge in [0.1, 0.15) is 6.42 Å². The molecule has 1 heterocycles. The van der Waals surface area contributed by atoms with E-state index in [1.807, 2.05) is 18.2 Å². The van der Waals surface area contributed by atoms with Gasteiger partial charge in [-0.15, -0.1) is 0 Å². The first-order valence-electron chi connectivity index (χ1n) is 5.30. The average Bonchev–Trinajstić information content (AvgIpc) is 2.76. The molecule has 0 saturated heterocycles. The molecule has 2 aromatic rings. The van der Waals surface area contributed by atoms with E-state index in [0.717, 1.165) is 5.56 Å². The topological polar surface area (TPSA) is 65.2 Å². The van der Waals surface area contributed by atoms with Crippen LogP contribution in [0.4, 0.5) is 0 Å². The second-order valence-electron chi connectivity index (χ2n) is 3.66. The maximum absolute atomic E-state index is 11.0. The Morgan fingerprint density at radius 2 is 2.33 bits per heavy atom. The van der Waals surface area contributed by atoms with E-state index >= 15 is 0 Å². The molecular formula is C12H11ClN2O3. The number of carbonyl (C=O) groups is 1. The SMILES string of the molecule is COC(=O)Cc1nc(Cc2cccc(Cl)c2)no1. The summed E-state index contributed by atoms with van der Waals surface area (Å²) >= 11 is 5.88. The van der Waals surface area contributed by atoms with Crippen molar-refractivity contribution in [3.63, 3.8) is 0 Å². The van der Waals surface area contributed by atoms with Gasteiger partial charge in [0, 0.05) is 11.4 Å². The smallest absolute Gasteiger partial charge is 0.315 e. The van der Waals surface area contributed by atoms with Gasteiger partial charge < -0.3 is 9.26 Å². The van der Waals surface area contributed by atoms with Crippen LogP contribution in [0.15, 0.2) is 28.8 Å². The second-order valence-corrected chi connectivity index (χ2v) is 4.10. The van der Waals surface area contributed by atoms with Crippen LogP contribution in [0.3, 0.4) is 0 Å². The lowest BCUT2D eigenvalue weighted by molar-refractivity contribution is -0.140. The summed E-state index contributed by atoms with van der Waals surface area (Å²) in [6.07, 6.45) is 0.490. The molecule has 0 aliphatic carbocycles. The molecule has 18 heavy (non-hydrogen) atoms. The fourth-order valence-corrected chi connectivity index (χ4v) is 1.67. The Bertz CT molecular complexity index is 554. The number of halogens is 1. The number of hydrogen-bond acceptors (Lipinski definition) is 5. The highest BCUT2D eigenvalue weighted by atomic mass is 35.5. The van der Waals surface area contributed by atoms with Crippen molar-refractivity contribution < 1.29 is 14.1 Å². The molecule has 0 atom stereocenters. The molecule has 0 saturated carbocycles. The van der Waals surface area contributed by atoms with Gasteiger partial charge in [-0.05, 0) is 17.7 Å². The van der Waals surface area contributed by atoms with E-state index in [9.17, 15) is 4.79 Å². The van der Waals surface area contributed by atoms with E-state index in [4.69, 9.17) is 16.1 Å². The Labute approximate surface area is 109 Å². The summed E-state index contributed by atoms with van der Waals surface area (Å²) in [5.41, 5.74) is 0.980. The van der Waals surface area contributed by atoms with E-state index in [1.165, 1.54) is 7.11 Å². The summed E-state index contributed by atoms with van der Waals surface area (Å²) in [4.78, 5) is 15.1. The molecule has 1 aromatic carbocycles. The number of aromatic nitrogens is 2. The molecule has 0 bridgehead atoms. The summed E-state index contributed by atoms with van der Waals surface area (Å²) < 4.78 is 9.46. The van der Waals surface area contributed by atoms with Crippen molar-refractivity contribution in [1.29, 1.82) is 0 Å². The maximum atomic E-state index is 11.0. The molecule has 0 amide bonds. The van der Waals surface area contributed by atoms with Gasteiger partial charge in [0.2, 0.25) is 5.89 Å². The summed E-state index contributed by atoms with van der Waals surface area (Å²) in [6, 6.07) is 7.40. The van der Waals surface area contributed by atoms with Crippen molar-refractivity contribution in [3.8, 4) is 0 Å². The molecule has 0 spiro atoms. The van der Waals surface area contributed by atoms with Crippen LogP contribution in [0.25, 0.3) is 0 Å². The van der Waals surface area contributed by atoms with Crippen molar-refractivity contribution >= 4 is 17.6 Å². The van der Waals surface area contributed by atoms with Crippen LogP contribution in [-0.4, -0.2) is 23.2 Å². The molecule has 0 unspecified atom stereocenters. The van der Waals surface area contributed by atoms with Crippen molar-refractivity contribution in [2.45, 2.75) is 12.8 Å². The molecule has 0 radical (unpaired) electrons. The van der Waals surface area contributed by atoms with E-state index in [-0.39, 0.29) is 12.3 Å². The highest BCUT2D eigenvalue weighted by Crippen LogP contribution is 2.13. The molecule has 94 valence electrons. The minimum atomic E-state index is -0.409. The third-order valence-electron chi connectivity index (χ3n) is 2.28. The third-order valence-corrected chi connectivity index (χ3v) is 2.52. The molecule has 0 aliphatic heterocycles. The normalized spacial score (nSPS) is 10.3. The number of esters is 1. The first-order chi connectivity index (χ1) is 8.67. The van der Waals surface area contributed by atoms with Gasteiger partial charge in [-0.25, -0.2) is 0 Å². The Balaban J connectivity index is 2.04. The van der Waals surface area contributed by atoms with Gasteiger partial charge in [0.05, 0.1) is 7.11 Å². The minimum absolute atomic E-state index is 0.0148. The fourth-order valence-electron chi connectivity index (χ4n) is 1.46. The lowest BCUT2D eigenvalue weighted by Crippen LogP contribution is -2.04. The lowest BCUT2D eigenvalue weighted by atomic mass is 10.1. The molecule has 1 aromatic heterocycles. The van der Waals surface area contributed by atoms with Crippen molar-refractivity contribution in [1.82, 2.24) is 10.1 Å². The highest BCUT2D eigenvalue weighted by molar-refractivity contribution is 6.30. The summed E-state index contributed by atoms with van der Waals surface area (Å²) in [5.74, 6) is 0.350.